The molecule has 1 unspecified atom stereocenters. The van der Waals surface area contributed by atoms with Crippen LogP contribution in [0.25, 0.3) is 0 Å². The first-order chi connectivity index (χ1) is 9.46. The van der Waals surface area contributed by atoms with Crippen molar-refractivity contribution in [3.05, 3.63) is 21.9 Å². The second-order valence-corrected chi connectivity index (χ2v) is 6.05. The summed E-state index contributed by atoms with van der Waals surface area (Å²) in [5.41, 5.74) is 0.656. The molecule has 1 N–H and O–H groups in total. The fourth-order valence-corrected chi connectivity index (χ4v) is 3.19. The van der Waals surface area contributed by atoms with Gasteiger partial charge >= 0.3 is 6.18 Å². The quantitative estimate of drug-likeness (QED) is 0.909. The number of nitrogens with one attached hydrogen (secondary N) is 1. The van der Waals surface area contributed by atoms with Gasteiger partial charge < -0.3 is 5.32 Å². The van der Waals surface area contributed by atoms with E-state index in [1.54, 1.807) is 5.38 Å². The van der Waals surface area contributed by atoms with Gasteiger partial charge in [0.05, 0.1) is 12.1 Å². The lowest BCUT2D eigenvalue weighted by Crippen LogP contribution is -2.33. The molecule has 0 bridgehead atoms. The van der Waals surface area contributed by atoms with Crippen molar-refractivity contribution in [2.45, 2.75) is 19.1 Å². The average Bonchev–Trinajstić information content (AvgIpc) is 2.97. The fourth-order valence-electron chi connectivity index (χ4n) is 2.41. The summed E-state index contributed by atoms with van der Waals surface area (Å²) in [5, 5.41) is 13.8. The van der Waals surface area contributed by atoms with Gasteiger partial charge in [0.1, 0.15) is 6.07 Å². The third-order valence-corrected chi connectivity index (χ3v) is 4.22. The molecule has 0 saturated carbocycles. The first kappa shape index (κ1) is 15.3. The van der Waals surface area contributed by atoms with E-state index in [-0.39, 0.29) is 5.92 Å². The van der Waals surface area contributed by atoms with E-state index >= 15 is 0 Å². The van der Waals surface area contributed by atoms with E-state index < -0.39 is 12.7 Å². The number of thiophene rings is 1. The van der Waals surface area contributed by atoms with E-state index in [4.69, 9.17) is 5.26 Å². The monoisotopic (exact) mass is 303 g/mol. The Morgan fingerprint density at radius 3 is 2.95 bits per heavy atom. The summed E-state index contributed by atoms with van der Waals surface area (Å²) in [6, 6.07) is 3.91. The molecule has 7 heteroatoms. The zero-order chi connectivity index (χ0) is 14.6. The average molecular weight is 303 g/mol. The molecule has 2 heterocycles. The summed E-state index contributed by atoms with van der Waals surface area (Å²) < 4.78 is 36.8. The molecule has 0 spiro atoms. The van der Waals surface area contributed by atoms with Crippen LogP contribution in [0.15, 0.2) is 11.4 Å². The molecule has 1 aromatic rings. The molecule has 1 aliphatic rings. The summed E-state index contributed by atoms with van der Waals surface area (Å²) >= 11 is 1.52. The van der Waals surface area contributed by atoms with Crippen molar-refractivity contribution in [3.8, 4) is 6.07 Å². The number of halogens is 3. The Labute approximate surface area is 120 Å². The van der Waals surface area contributed by atoms with Crippen LogP contribution in [0.1, 0.15) is 16.9 Å². The Hall–Kier alpha value is -1.10. The van der Waals surface area contributed by atoms with Gasteiger partial charge in [-0.2, -0.15) is 18.4 Å². The highest BCUT2D eigenvalue weighted by Gasteiger charge is 2.34. The van der Waals surface area contributed by atoms with Crippen LogP contribution in [0.4, 0.5) is 13.2 Å². The Balaban J connectivity index is 1.67. The summed E-state index contributed by atoms with van der Waals surface area (Å²) in [7, 11) is 0. The minimum absolute atomic E-state index is 0.271. The van der Waals surface area contributed by atoms with Gasteiger partial charge in [0.2, 0.25) is 0 Å². The smallest absolute Gasteiger partial charge is 0.312 e. The van der Waals surface area contributed by atoms with Crippen molar-refractivity contribution in [3.63, 3.8) is 0 Å². The van der Waals surface area contributed by atoms with Crippen molar-refractivity contribution in [2.75, 3.05) is 26.2 Å². The predicted octanol–water partition coefficient (Wildman–Crippen LogP) is 2.59. The van der Waals surface area contributed by atoms with Gasteiger partial charge in [-0.25, -0.2) is 0 Å². The lowest BCUT2D eigenvalue weighted by atomic mass is 10.1. The molecule has 20 heavy (non-hydrogen) atoms. The second-order valence-electron chi connectivity index (χ2n) is 5.05. The number of likely N-dealkylation sites (tertiary alicyclic amines) is 1. The predicted molar refractivity (Wildman–Crippen MR) is 71.3 cm³/mol. The number of nitrogens with zero attached hydrogens (tertiary/aromatic N) is 2. The van der Waals surface area contributed by atoms with Crippen LogP contribution in [0.2, 0.25) is 0 Å². The molecule has 1 aromatic heterocycles. The van der Waals surface area contributed by atoms with Gasteiger partial charge in [-0.05, 0) is 31.5 Å². The number of nitriles is 1. The normalized spacial score (nSPS) is 20.2. The van der Waals surface area contributed by atoms with Gasteiger partial charge in [-0.3, -0.25) is 4.90 Å². The zero-order valence-electron chi connectivity index (χ0n) is 10.9. The van der Waals surface area contributed by atoms with Gasteiger partial charge in [0.15, 0.2) is 0 Å². The largest absolute Gasteiger partial charge is 0.401 e. The summed E-state index contributed by atoms with van der Waals surface area (Å²) in [6.07, 6.45) is -3.30. The number of rotatable bonds is 5. The van der Waals surface area contributed by atoms with Gasteiger partial charge in [-0.1, -0.05) is 0 Å². The highest BCUT2D eigenvalue weighted by Crippen LogP contribution is 2.22. The molecule has 1 atom stereocenters. The molecule has 0 aromatic carbocycles. The molecule has 0 radical (unpaired) electrons. The minimum atomic E-state index is -4.10. The molecule has 1 saturated heterocycles. The first-order valence-electron chi connectivity index (χ1n) is 6.43. The van der Waals surface area contributed by atoms with Crippen molar-refractivity contribution in [2.24, 2.45) is 5.92 Å². The van der Waals surface area contributed by atoms with Crippen molar-refractivity contribution < 1.29 is 13.2 Å². The molecule has 1 fully saturated rings. The minimum Gasteiger partial charge on any atom is -0.312 e. The summed E-state index contributed by atoms with van der Waals surface area (Å²) in [5.74, 6) is 0.271. The fraction of sp³-hybridized carbons (Fsp3) is 0.615. The maximum absolute atomic E-state index is 12.3. The molecule has 110 valence electrons. The maximum atomic E-state index is 12.3. The van der Waals surface area contributed by atoms with Crippen LogP contribution < -0.4 is 5.32 Å². The molecular formula is C13H16F3N3S. The van der Waals surface area contributed by atoms with Crippen LogP contribution in [0.3, 0.4) is 0 Å². The number of alkyl halides is 3. The highest BCUT2D eigenvalue weighted by molar-refractivity contribution is 7.10. The second kappa shape index (κ2) is 6.57. The van der Waals surface area contributed by atoms with Crippen LogP contribution in [0.5, 0.6) is 0 Å². The van der Waals surface area contributed by atoms with E-state index in [9.17, 15) is 13.2 Å². The van der Waals surface area contributed by atoms with Crippen molar-refractivity contribution >= 4 is 11.3 Å². The number of hydrogen-bond donors (Lipinski definition) is 1. The van der Waals surface area contributed by atoms with E-state index in [0.29, 0.717) is 31.7 Å². The van der Waals surface area contributed by atoms with Gasteiger partial charge in [0, 0.05) is 23.3 Å². The summed E-state index contributed by atoms with van der Waals surface area (Å²) in [6.45, 7) is 1.60. The molecule has 3 nitrogen and oxygen atoms in total. The molecular weight excluding hydrogens is 287 g/mol. The van der Waals surface area contributed by atoms with Crippen LogP contribution >= 0.6 is 11.3 Å². The topological polar surface area (TPSA) is 39.1 Å². The van der Waals surface area contributed by atoms with Crippen molar-refractivity contribution in [1.82, 2.24) is 10.2 Å². The van der Waals surface area contributed by atoms with E-state index in [1.807, 2.05) is 6.07 Å². The van der Waals surface area contributed by atoms with E-state index in [2.05, 4.69) is 11.4 Å². The lowest BCUT2D eigenvalue weighted by molar-refractivity contribution is -0.143. The third kappa shape index (κ3) is 4.78. The maximum Gasteiger partial charge on any atom is 0.401 e. The highest BCUT2D eigenvalue weighted by atomic mass is 32.1. The van der Waals surface area contributed by atoms with Crippen LogP contribution in [-0.2, 0) is 6.54 Å². The van der Waals surface area contributed by atoms with Crippen molar-refractivity contribution in [1.29, 1.82) is 5.26 Å². The van der Waals surface area contributed by atoms with Crippen LogP contribution in [0, 0.1) is 17.2 Å². The molecule has 1 aliphatic heterocycles. The molecule has 0 aliphatic carbocycles. The summed E-state index contributed by atoms with van der Waals surface area (Å²) in [4.78, 5) is 2.54. The standard InChI is InChI=1S/C13H16F3N3S/c14-13(15,16)9-19-2-1-10(7-19)5-18-6-12-3-11(4-17)8-20-12/h3,8,10,18H,1-2,5-7,9H2. The molecule has 0 amide bonds. The Morgan fingerprint density at radius 2 is 2.30 bits per heavy atom. The van der Waals surface area contributed by atoms with E-state index in [0.717, 1.165) is 11.3 Å². The van der Waals surface area contributed by atoms with E-state index in [1.165, 1.54) is 16.2 Å². The Morgan fingerprint density at radius 1 is 1.50 bits per heavy atom. The lowest BCUT2D eigenvalue weighted by Gasteiger charge is -2.17. The Kier molecular flexibility index (Phi) is 5.02. The van der Waals surface area contributed by atoms with Gasteiger partial charge in [-0.15, -0.1) is 11.3 Å². The zero-order valence-corrected chi connectivity index (χ0v) is 11.7. The molecule has 2 rings (SSSR count). The van der Waals surface area contributed by atoms with Gasteiger partial charge in [0.25, 0.3) is 0 Å². The first-order valence-corrected chi connectivity index (χ1v) is 7.31. The number of hydrogen-bond acceptors (Lipinski definition) is 4. The Bertz CT molecular complexity index is 478. The SMILES string of the molecule is N#Cc1csc(CNCC2CCN(CC(F)(F)F)C2)c1. The van der Waals surface area contributed by atoms with Crippen LogP contribution in [-0.4, -0.2) is 37.3 Å². The third-order valence-electron chi connectivity index (χ3n) is 3.29.